The second kappa shape index (κ2) is 10.9. The Morgan fingerprint density at radius 1 is 1.21 bits per heavy atom. The normalized spacial score (nSPS) is 17.4. The summed E-state index contributed by atoms with van der Waals surface area (Å²) in [6, 6.07) is 10.1. The lowest BCUT2D eigenvalue weighted by molar-refractivity contribution is 0.139. The molecule has 0 saturated heterocycles. The van der Waals surface area contributed by atoms with Crippen LogP contribution in [-0.2, 0) is 6.42 Å². The Morgan fingerprint density at radius 2 is 1.92 bits per heavy atom. The van der Waals surface area contributed by atoms with E-state index in [1.165, 1.54) is 25.7 Å². The maximum atomic E-state index is 10.2. The quantitative estimate of drug-likeness (QED) is 0.327. The minimum atomic E-state index is -0.412. The van der Waals surface area contributed by atoms with Crippen molar-refractivity contribution in [3.8, 4) is 0 Å². The van der Waals surface area contributed by atoms with Crippen LogP contribution in [0.3, 0.4) is 0 Å². The topological polar surface area (TPSA) is 56.7 Å². The predicted molar refractivity (Wildman–Crippen MR) is 112 cm³/mol. The predicted octanol–water partition coefficient (Wildman–Crippen LogP) is 3.34. The van der Waals surface area contributed by atoms with Crippen LogP contribution in [0.1, 0.15) is 45.1 Å². The molecule has 1 fully saturated rings. The molecule has 1 aliphatic rings. The summed E-state index contributed by atoms with van der Waals surface area (Å²) in [6.07, 6.45) is 5.37. The van der Waals surface area contributed by atoms with Crippen LogP contribution in [0.25, 0.3) is 0 Å². The summed E-state index contributed by atoms with van der Waals surface area (Å²) in [7, 11) is 0. The summed E-state index contributed by atoms with van der Waals surface area (Å²) in [5.41, 5.74) is 1.58. The fourth-order valence-corrected chi connectivity index (χ4v) is 3.06. The number of aliphatic hydroxyl groups excluding tert-OH is 1. The molecule has 1 saturated carbocycles. The zero-order chi connectivity index (χ0) is 16.5. The van der Waals surface area contributed by atoms with Crippen molar-refractivity contribution in [2.24, 2.45) is 10.4 Å². The molecule has 1 aliphatic carbocycles. The Balaban J connectivity index is 0.00000288. The van der Waals surface area contributed by atoms with Crippen LogP contribution in [0.4, 0.5) is 0 Å². The van der Waals surface area contributed by atoms with Crippen molar-refractivity contribution in [1.29, 1.82) is 0 Å². The van der Waals surface area contributed by atoms with Gasteiger partial charge in [-0.1, -0.05) is 43.7 Å². The lowest BCUT2D eigenvalue weighted by Gasteiger charge is -2.40. The van der Waals surface area contributed by atoms with Gasteiger partial charge in [-0.3, -0.25) is 4.99 Å². The largest absolute Gasteiger partial charge is 0.391 e. The second-order valence-electron chi connectivity index (χ2n) is 6.63. The molecule has 1 aromatic carbocycles. The monoisotopic (exact) mass is 445 g/mol. The van der Waals surface area contributed by atoms with E-state index in [1.54, 1.807) is 0 Å². The van der Waals surface area contributed by atoms with E-state index >= 15 is 0 Å². The van der Waals surface area contributed by atoms with Gasteiger partial charge in [0, 0.05) is 26.1 Å². The maximum absolute atomic E-state index is 10.2. The Hall–Kier alpha value is -0.820. The molecule has 1 atom stereocenters. The molecular formula is C19H32IN3O. The van der Waals surface area contributed by atoms with Crippen molar-refractivity contribution in [3.05, 3.63) is 35.9 Å². The van der Waals surface area contributed by atoms with Crippen molar-refractivity contribution in [3.63, 3.8) is 0 Å². The summed E-state index contributed by atoms with van der Waals surface area (Å²) in [4.78, 5) is 4.74. The number of nitrogens with one attached hydrogen (secondary N) is 2. The van der Waals surface area contributed by atoms with Gasteiger partial charge in [-0.25, -0.2) is 0 Å². The standard InChI is InChI=1S/C19H31N3O.HI/c1-3-19(11-8-12-19)15-22-18(20-4-2)21-14-17(23)13-16-9-6-5-7-10-16;/h5-7,9-10,17,23H,3-4,8,11-15H2,1-2H3,(H2,20,21,22);1H. The molecule has 136 valence electrons. The van der Waals surface area contributed by atoms with Crippen LogP contribution >= 0.6 is 24.0 Å². The van der Waals surface area contributed by atoms with E-state index in [4.69, 9.17) is 4.99 Å². The average Bonchev–Trinajstić information content (AvgIpc) is 2.53. The van der Waals surface area contributed by atoms with Gasteiger partial charge in [0.15, 0.2) is 5.96 Å². The number of rotatable bonds is 8. The molecular weight excluding hydrogens is 413 g/mol. The van der Waals surface area contributed by atoms with Gasteiger partial charge in [0.1, 0.15) is 0 Å². The smallest absolute Gasteiger partial charge is 0.191 e. The first-order valence-electron chi connectivity index (χ1n) is 8.91. The molecule has 24 heavy (non-hydrogen) atoms. The molecule has 0 amide bonds. The summed E-state index contributed by atoms with van der Waals surface area (Å²) in [5.74, 6) is 0.819. The van der Waals surface area contributed by atoms with Gasteiger partial charge in [-0.2, -0.15) is 0 Å². The van der Waals surface area contributed by atoms with Crippen molar-refractivity contribution >= 4 is 29.9 Å². The highest BCUT2D eigenvalue weighted by molar-refractivity contribution is 14.0. The highest BCUT2D eigenvalue weighted by atomic mass is 127. The lowest BCUT2D eigenvalue weighted by atomic mass is 9.67. The maximum Gasteiger partial charge on any atom is 0.191 e. The number of benzene rings is 1. The van der Waals surface area contributed by atoms with Crippen LogP contribution in [-0.4, -0.2) is 36.8 Å². The Kier molecular flexibility index (Phi) is 9.66. The lowest BCUT2D eigenvalue weighted by Crippen LogP contribution is -2.43. The first-order chi connectivity index (χ1) is 11.2. The van der Waals surface area contributed by atoms with Crippen molar-refractivity contribution in [2.45, 2.75) is 52.1 Å². The number of aliphatic hydroxyl groups is 1. The highest BCUT2D eigenvalue weighted by Gasteiger charge is 2.34. The molecule has 4 nitrogen and oxygen atoms in total. The number of hydrogen-bond donors (Lipinski definition) is 3. The van der Waals surface area contributed by atoms with E-state index in [0.29, 0.717) is 18.4 Å². The number of nitrogens with zero attached hydrogens (tertiary/aromatic N) is 1. The van der Waals surface area contributed by atoms with E-state index in [1.807, 2.05) is 30.3 Å². The van der Waals surface area contributed by atoms with E-state index in [0.717, 1.165) is 24.6 Å². The van der Waals surface area contributed by atoms with Gasteiger partial charge in [-0.15, -0.1) is 24.0 Å². The molecule has 2 rings (SSSR count). The molecule has 5 heteroatoms. The number of guanidine groups is 1. The van der Waals surface area contributed by atoms with Gasteiger partial charge in [0.25, 0.3) is 0 Å². The Morgan fingerprint density at radius 3 is 2.46 bits per heavy atom. The SMILES string of the molecule is CCNC(=NCC1(CC)CCC1)NCC(O)Cc1ccccc1.I. The molecule has 1 aromatic rings. The van der Waals surface area contributed by atoms with E-state index < -0.39 is 6.10 Å². The van der Waals surface area contributed by atoms with Gasteiger partial charge >= 0.3 is 0 Å². The molecule has 0 radical (unpaired) electrons. The van der Waals surface area contributed by atoms with Gasteiger partial charge in [0.05, 0.1) is 6.10 Å². The molecule has 0 heterocycles. The fraction of sp³-hybridized carbons (Fsp3) is 0.632. The first kappa shape index (κ1) is 21.2. The zero-order valence-corrected chi connectivity index (χ0v) is 17.3. The summed E-state index contributed by atoms with van der Waals surface area (Å²) < 4.78 is 0. The third kappa shape index (κ3) is 6.59. The summed E-state index contributed by atoms with van der Waals surface area (Å²) in [5, 5.41) is 16.8. The zero-order valence-electron chi connectivity index (χ0n) is 14.9. The minimum absolute atomic E-state index is 0. The molecule has 0 bridgehead atoms. The molecule has 0 spiro atoms. The third-order valence-electron chi connectivity index (χ3n) is 4.90. The average molecular weight is 445 g/mol. The summed E-state index contributed by atoms with van der Waals surface area (Å²) >= 11 is 0. The van der Waals surface area contributed by atoms with Crippen LogP contribution in [0.15, 0.2) is 35.3 Å². The number of aliphatic imine (C=N–C) groups is 1. The van der Waals surface area contributed by atoms with Crippen molar-refractivity contribution < 1.29 is 5.11 Å². The molecule has 1 unspecified atom stereocenters. The van der Waals surface area contributed by atoms with Gasteiger partial charge < -0.3 is 15.7 Å². The van der Waals surface area contributed by atoms with E-state index in [2.05, 4.69) is 24.5 Å². The van der Waals surface area contributed by atoms with Crippen LogP contribution in [0, 0.1) is 5.41 Å². The van der Waals surface area contributed by atoms with E-state index in [-0.39, 0.29) is 24.0 Å². The molecule has 0 aliphatic heterocycles. The number of hydrogen-bond acceptors (Lipinski definition) is 2. The van der Waals surface area contributed by atoms with Crippen LogP contribution < -0.4 is 10.6 Å². The van der Waals surface area contributed by atoms with Crippen molar-refractivity contribution in [1.82, 2.24) is 10.6 Å². The van der Waals surface area contributed by atoms with Crippen LogP contribution in [0.5, 0.6) is 0 Å². The molecule has 3 N–H and O–H groups in total. The van der Waals surface area contributed by atoms with Crippen molar-refractivity contribution in [2.75, 3.05) is 19.6 Å². The van der Waals surface area contributed by atoms with Gasteiger partial charge in [-0.05, 0) is 37.2 Å². The number of halogens is 1. The Labute approximate surface area is 163 Å². The fourth-order valence-electron chi connectivity index (χ4n) is 3.06. The summed E-state index contributed by atoms with van der Waals surface area (Å²) in [6.45, 7) is 6.56. The van der Waals surface area contributed by atoms with Crippen LogP contribution in [0.2, 0.25) is 0 Å². The third-order valence-corrected chi connectivity index (χ3v) is 4.90. The van der Waals surface area contributed by atoms with E-state index in [9.17, 15) is 5.11 Å². The minimum Gasteiger partial charge on any atom is -0.391 e. The molecule has 0 aromatic heterocycles. The second-order valence-corrected chi connectivity index (χ2v) is 6.63. The Bertz CT molecular complexity index is 483. The van der Waals surface area contributed by atoms with Gasteiger partial charge in [0.2, 0.25) is 0 Å². The highest BCUT2D eigenvalue weighted by Crippen LogP contribution is 2.43. The first-order valence-corrected chi connectivity index (χ1v) is 8.91.